The van der Waals surface area contributed by atoms with E-state index < -0.39 is 76.6 Å². The fourth-order valence-electron chi connectivity index (χ4n) is 11.4. The first-order valence-electron chi connectivity index (χ1n) is 20.9. The van der Waals surface area contributed by atoms with E-state index in [0.29, 0.717) is 32.1 Å². The first-order chi connectivity index (χ1) is 27.9. The molecule has 13 atom stereocenters. The highest BCUT2D eigenvalue weighted by Crippen LogP contribution is 2.61. The molecule has 12 nitrogen and oxygen atoms in total. The zero-order valence-electron chi connectivity index (χ0n) is 34.4. The smallest absolute Gasteiger partial charge is 0.346 e. The first kappa shape index (κ1) is 43.4. The number of hydrogen-bond donors (Lipinski definition) is 5. The van der Waals surface area contributed by atoms with E-state index in [-0.39, 0.29) is 69.3 Å². The number of carbonyl (C=O) groups excluding carboxylic acids is 3. The van der Waals surface area contributed by atoms with E-state index >= 15 is 4.79 Å². The number of ketones is 1. The number of H-pyrrole nitrogens is 1. The minimum Gasteiger partial charge on any atom is -0.511 e. The summed E-state index contributed by atoms with van der Waals surface area (Å²) in [4.78, 5) is 57.7. The molecule has 3 fully saturated rings. The Morgan fingerprint density at radius 1 is 1.10 bits per heavy atom. The standard InChI is InChI=1S/C45H56Cl2N2O10/c1-7-25-20-45-39(52)34(42(56)59-45)38(51)44(8-2)26(12-10-9-11-22(3)19-43(45,6)21-28(25)41(54)55)14-15-27-29(44)16-13-23(4)37(27)58-33-18-31(50)35(24(5)57-33)49-40(53)36-30(46)17-32(47)48-36/h9-10,14-15,17,19,21,23-27,29,31,33,35,37,48,50-51H,7-8,11-13,16,18,20H2,1-6H3,(H,49,53)(H,54,55)/t23-,24+,25+,26+,27-,29+,31+,33-,35+,37-,43+,44+,45+/m0/s1. The molecule has 3 heterocycles. The highest BCUT2D eigenvalue weighted by atomic mass is 35.5. The van der Waals surface area contributed by atoms with Gasteiger partial charge in [0.1, 0.15) is 22.2 Å². The van der Waals surface area contributed by atoms with Gasteiger partial charge in [-0.05, 0) is 89.0 Å². The van der Waals surface area contributed by atoms with Crippen molar-refractivity contribution < 1.29 is 48.7 Å². The van der Waals surface area contributed by atoms with Crippen molar-refractivity contribution in [2.24, 2.45) is 40.4 Å². The van der Waals surface area contributed by atoms with E-state index in [4.69, 9.17) is 37.4 Å². The molecule has 0 aromatic carbocycles. The van der Waals surface area contributed by atoms with Gasteiger partial charge in [-0.3, -0.25) is 9.59 Å². The molecule has 14 heteroatoms. The van der Waals surface area contributed by atoms with Crippen molar-refractivity contribution in [1.82, 2.24) is 10.3 Å². The van der Waals surface area contributed by atoms with Crippen molar-refractivity contribution in [3.05, 3.63) is 80.9 Å². The fraction of sp³-hybridized carbons (Fsp3) is 0.600. The topological polar surface area (TPSA) is 184 Å². The van der Waals surface area contributed by atoms with Crippen molar-refractivity contribution >= 4 is 46.8 Å². The normalized spacial score (nSPS) is 39.7. The van der Waals surface area contributed by atoms with Gasteiger partial charge in [0, 0.05) is 29.7 Å². The lowest BCUT2D eigenvalue weighted by molar-refractivity contribution is -0.258. The lowest BCUT2D eigenvalue weighted by Gasteiger charge is -2.55. The van der Waals surface area contributed by atoms with Crippen LogP contribution in [0.5, 0.6) is 0 Å². The van der Waals surface area contributed by atoms with Crippen LogP contribution in [0.25, 0.3) is 0 Å². The molecule has 1 amide bonds. The van der Waals surface area contributed by atoms with E-state index in [1.807, 2.05) is 26.8 Å². The summed E-state index contributed by atoms with van der Waals surface area (Å²) in [5, 5.41) is 37.6. The Morgan fingerprint density at radius 2 is 1.85 bits per heavy atom. The van der Waals surface area contributed by atoms with Gasteiger partial charge in [-0.2, -0.15) is 0 Å². The Morgan fingerprint density at radius 3 is 2.49 bits per heavy atom. The van der Waals surface area contributed by atoms with Gasteiger partial charge in [0.25, 0.3) is 5.91 Å². The zero-order chi connectivity index (χ0) is 42.8. The van der Waals surface area contributed by atoms with Gasteiger partial charge in [0.2, 0.25) is 5.78 Å². The summed E-state index contributed by atoms with van der Waals surface area (Å²) in [7, 11) is 0. The Kier molecular flexibility index (Phi) is 12.0. The molecule has 0 radical (unpaired) electrons. The number of aromatic nitrogens is 1. The molecule has 59 heavy (non-hydrogen) atoms. The number of nitrogens with one attached hydrogen (secondary N) is 2. The Balaban J connectivity index is 1.23. The van der Waals surface area contributed by atoms with Crippen LogP contribution >= 0.6 is 23.2 Å². The van der Waals surface area contributed by atoms with Crippen LogP contribution in [-0.4, -0.2) is 80.2 Å². The van der Waals surface area contributed by atoms with Crippen LogP contribution in [0.4, 0.5) is 0 Å². The molecule has 4 aliphatic carbocycles. The Hall–Kier alpha value is -3.68. The lowest BCUT2D eigenvalue weighted by Crippen LogP contribution is -2.58. The van der Waals surface area contributed by atoms with Gasteiger partial charge >= 0.3 is 11.9 Å². The summed E-state index contributed by atoms with van der Waals surface area (Å²) < 4.78 is 19.4. The number of hydrogen-bond acceptors (Lipinski definition) is 9. The van der Waals surface area contributed by atoms with Crippen LogP contribution in [0.3, 0.4) is 0 Å². The summed E-state index contributed by atoms with van der Waals surface area (Å²) in [5.41, 5.74) is -3.32. The molecular weight excluding hydrogens is 799 g/mol. The van der Waals surface area contributed by atoms with Gasteiger partial charge in [0.05, 0.1) is 34.8 Å². The van der Waals surface area contributed by atoms with Crippen LogP contribution in [0.2, 0.25) is 10.2 Å². The number of aliphatic hydroxyl groups excluding tert-OH is 2. The van der Waals surface area contributed by atoms with E-state index in [0.717, 1.165) is 12.0 Å². The summed E-state index contributed by atoms with van der Waals surface area (Å²) in [6.07, 6.45) is 12.3. The average Bonchev–Trinajstić information content (AvgIpc) is 3.65. The van der Waals surface area contributed by atoms with Gasteiger partial charge in [-0.1, -0.05) is 86.0 Å². The second-order valence-corrected chi connectivity index (χ2v) is 18.6. The molecule has 2 aliphatic heterocycles. The summed E-state index contributed by atoms with van der Waals surface area (Å²) in [5.74, 6) is -4.71. The number of amides is 1. The molecule has 2 saturated heterocycles. The Labute approximate surface area is 355 Å². The van der Waals surface area contributed by atoms with Crippen molar-refractivity contribution in [2.45, 2.75) is 129 Å². The maximum absolute atomic E-state index is 15.2. The molecule has 1 spiro atoms. The van der Waals surface area contributed by atoms with E-state index in [1.165, 1.54) is 6.07 Å². The highest BCUT2D eigenvalue weighted by Gasteiger charge is 2.67. The quantitative estimate of drug-likeness (QED) is 0.102. The number of esters is 1. The molecule has 1 aromatic heterocycles. The SMILES string of the molecule is CC[C@@H]1C[C@]23OC(=O)C(=C(O)[C@@]4(CC)[C@@H]5CC[C@H](C)[C@H](O[C@H]6C[C@@H](O)[C@H](NC(=O)c7[nH]c(Cl)cc7Cl)[C@@H](C)O6)[C@H]5C=C[C@H]4CC=CCC(C)=C[C@]2(C)C=C1C(=O)O)C3=O. The number of aliphatic carboxylic acids is 1. The number of aromatic amines is 1. The third-order valence-electron chi connectivity index (χ3n) is 14.4. The van der Waals surface area contributed by atoms with Crippen molar-refractivity contribution in [2.75, 3.05) is 0 Å². The second kappa shape index (κ2) is 16.3. The molecule has 5 N–H and O–H groups in total. The molecule has 7 rings (SSSR count). The molecule has 0 unspecified atom stereocenters. The molecule has 1 saturated carbocycles. The molecule has 6 aliphatic rings. The minimum absolute atomic E-state index is 0.0225. The number of Topliss-reactive ketones (excluding diaryl/α,β-unsaturated/α-hetero) is 1. The first-order valence-corrected chi connectivity index (χ1v) is 21.7. The summed E-state index contributed by atoms with van der Waals surface area (Å²) in [6, 6.07) is 0.664. The molecule has 320 valence electrons. The fourth-order valence-corrected chi connectivity index (χ4v) is 11.9. The van der Waals surface area contributed by atoms with E-state index in [9.17, 15) is 29.7 Å². The zero-order valence-corrected chi connectivity index (χ0v) is 35.9. The predicted molar refractivity (Wildman–Crippen MR) is 220 cm³/mol. The van der Waals surface area contributed by atoms with Gasteiger partial charge < -0.3 is 39.8 Å². The Bertz CT molecular complexity index is 2040. The predicted octanol–water partition coefficient (Wildman–Crippen LogP) is 7.97. The number of allylic oxidation sites excluding steroid dienone is 5. The maximum atomic E-state index is 15.2. The number of halogens is 2. The number of carboxylic acid groups (broad SMARTS) is 1. The average molecular weight is 856 g/mol. The van der Waals surface area contributed by atoms with Gasteiger partial charge in [-0.25, -0.2) is 9.59 Å². The number of carboxylic acids is 1. The summed E-state index contributed by atoms with van der Waals surface area (Å²) in [6.45, 7) is 11.4. The number of fused-ring (bicyclic) bond motifs is 4. The highest BCUT2D eigenvalue weighted by molar-refractivity contribution is 6.36. The number of carbonyl (C=O) groups is 4. The van der Waals surface area contributed by atoms with Gasteiger partial charge in [0.15, 0.2) is 11.9 Å². The van der Waals surface area contributed by atoms with Crippen LogP contribution < -0.4 is 5.32 Å². The molecular formula is C45H56Cl2N2O10. The molecule has 2 bridgehead atoms. The van der Waals surface area contributed by atoms with Crippen molar-refractivity contribution in [3.63, 3.8) is 0 Å². The summed E-state index contributed by atoms with van der Waals surface area (Å²) >= 11 is 12.2. The van der Waals surface area contributed by atoms with E-state index in [2.05, 4.69) is 41.5 Å². The van der Waals surface area contributed by atoms with Crippen LogP contribution in [0.15, 0.2) is 65.0 Å². The lowest BCUT2D eigenvalue weighted by atomic mass is 9.51. The number of rotatable bonds is 7. The number of aliphatic hydroxyl groups is 2. The third-order valence-corrected chi connectivity index (χ3v) is 14.9. The van der Waals surface area contributed by atoms with Crippen molar-refractivity contribution in [3.8, 4) is 0 Å². The van der Waals surface area contributed by atoms with Crippen molar-refractivity contribution in [1.29, 1.82) is 0 Å². The minimum atomic E-state index is -1.75. The monoisotopic (exact) mass is 854 g/mol. The third kappa shape index (κ3) is 7.24. The maximum Gasteiger partial charge on any atom is 0.346 e. The number of ether oxygens (including phenoxy) is 3. The van der Waals surface area contributed by atoms with Crippen LogP contribution in [0, 0.1) is 40.4 Å². The van der Waals surface area contributed by atoms with Gasteiger partial charge in [-0.15, -0.1) is 0 Å². The largest absolute Gasteiger partial charge is 0.511 e. The van der Waals surface area contributed by atoms with Crippen LogP contribution in [0.1, 0.15) is 103 Å². The van der Waals surface area contributed by atoms with Crippen LogP contribution in [-0.2, 0) is 28.6 Å². The van der Waals surface area contributed by atoms with E-state index in [1.54, 1.807) is 19.9 Å². The second-order valence-electron chi connectivity index (χ2n) is 17.8. The molecule has 1 aromatic rings.